The quantitative estimate of drug-likeness (QED) is 0.767. The minimum Gasteiger partial charge on any atom is -0.497 e. The van der Waals surface area contributed by atoms with Crippen LogP contribution in [0.15, 0.2) is 48.5 Å². The van der Waals surface area contributed by atoms with Crippen LogP contribution in [0.3, 0.4) is 0 Å². The first-order valence-electron chi connectivity index (χ1n) is 10.5. The van der Waals surface area contributed by atoms with Gasteiger partial charge in [0, 0.05) is 57.4 Å². The lowest BCUT2D eigenvalue weighted by Crippen LogP contribution is -2.69. The molecular formula is C24H32FN3O. The van der Waals surface area contributed by atoms with Crippen LogP contribution in [0.5, 0.6) is 5.75 Å². The van der Waals surface area contributed by atoms with E-state index in [4.69, 9.17) is 4.74 Å². The van der Waals surface area contributed by atoms with E-state index >= 15 is 0 Å². The maximum absolute atomic E-state index is 13.2. The number of halogens is 1. The molecule has 0 amide bonds. The molecule has 0 spiro atoms. The second-order valence-corrected chi connectivity index (χ2v) is 9.04. The van der Waals surface area contributed by atoms with E-state index in [-0.39, 0.29) is 11.4 Å². The first-order valence-corrected chi connectivity index (χ1v) is 10.5. The van der Waals surface area contributed by atoms with Crippen molar-refractivity contribution in [2.75, 3.05) is 39.8 Å². The highest BCUT2D eigenvalue weighted by Gasteiger charge is 2.42. The summed E-state index contributed by atoms with van der Waals surface area (Å²) in [5, 5.41) is 0. The molecule has 5 heteroatoms. The molecule has 156 valence electrons. The molecule has 2 aromatic carbocycles. The number of hydrogen-bond donors (Lipinski definition) is 0. The fourth-order valence-corrected chi connectivity index (χ4v) is 4.97. The molecule has 0 N–H and O–H groups in total. The van der Waals surface area contributed by atoms with Gasteiger partial charge in [-0.1, -0.05) is 24.3 Å². The molecule has 0 bridgehead atoms. The molecule has 2 aliphatic heterocycles. The molecule has 2 saturated heterocycles. The van der Waals surface area contributed by atoms with Crippen LogP contribution in [-0.4, -0.2) is 66.1 Å². The van der Waals surface area contributed by atoms with Gasteiger partial charge in [-0.15, -0.1) is 0 Å². The lowest BCUT2D eigenvalue weighted by Gasteiger charge is -2.55. The third kappa shape index (κ3) is 4.80. The van der Waals surface area contributed by atoms with E-state index in [1.165, 1.54) is 11.1 Å². The van der Waals surface area contributed by atoms with E-state index in [2.05, 4.69) is 40.7 Å². The van der Waals surface area contributed by atoms with Gasteiger partial charge in [-0.3, -0.25) is 14.7 Å². The van der Waals surface area contributed by atoms with Crippen molar-refractivity contribution in [2.45, 2.75) is 38.5 Å². The van der Waals surface area contributed by atoms with E-state index in [0.717, 1.165) is 51.6 Å². The molecule has 0 aromatic heterocycles. The Balaban J connectivity index is 1.41. The minimum absolute atomic E-state index is 0.164. The number of methoxy groups -OCH3 is 1. The first kappa shape index (κ1) is 20.3. The van der Waals surface area contributed by atoms with Gasteiger partial charge in [0.1, 0.15) is 11.6 Å². The zero-order valence-electron chi connectivity index (χ0n) is 17.8. The molecule has 1 unspecified atom stereocenters. The summed E-state index contributed by atoms with van der Waals surface area (Å²) in [5.74, 6) is 0.740. The zero-order valence-corrected chi connectivity index (χ0v) is 17.8. The van der Waals surface area contributed by atoms with Crippen LogP contribution < -0.4 is 4.74 Å². The normalized spacial score (nSPS) is 23.0. The number of benzene rings is 2. The molecule has 4 nitrogen and oxygen atoms in total. The molecule has 2 aliphatic rings. The Morgan fingerprint density at radius 2 is 1.48 bits per heavy atom. The van der Waals surface area contributed by atoms with Gasteiger partial charge in [0.25, 0.3) is 0 Å². The van der Waals surface area contributed by atoms with Gasteiger partial charge >= 0.3 is 0 Å². The van der Waals surface area contributed by atoms with Crippen molar-refractivity contribution in [1.82, 2.24) is 14.7 Å². The number of nitrogens with zero attached hydrogens (tertiary/aromatic N) is 3. The summed E-state index contributed by atoms with van der Waals surface area (Å²) >= 11 is 0. The van der Waals surface area contributed by atoms with Crippen LogP contribution in [0.1, 0.15) is 25.0 Å². The van der Waals surface area contributed by atoms with Gasteiger partial charge in [0.15, 0.2) is 0 Å². The number of fused-ring (bicyclic) bond motifs is 1. The number of ether oxygens (including phenoxy) is 1. The second-order valence-electron chi connectivity index (χ2n) is 9.04. The van der Waals surface area contributed by atoms with Crippen LogP contribution in [-0.2, 0) is 13.1 Å². The molecule has 2 fully saturated rings. The SMILES string of the molecule is COc1ccc(CN2CC3CN(Cc4ccc(F)cc4)CCN3C(C)(C)C2)cc1. The number of hydrogen-bond acceptors (Lipinski definition) is 4. The Morgan fingerprint density at radius 3 is 2.14 bits per heavy atom. The Hall–Kier alpha value is -1.95. The zero-order chi connectivity index (χ0) is 20.4. The van der Waals surface area contributed by atoms with E-state index in [1.807, 2.05) is 24.3 Å². The van der Waals surface area contributed by atoms with E-state index in [1.54, 1.807) is 19.2 Å². The number of rotatable bonds is 5. The molecule has 2 aromatic rings. The van der Waals surface area contributed by atoms with Gasteiger partial charge in [0.2, 0.25) is 0 Å². The standard InChI is InChI=1S/C24H32FN3O/c1-24(2)18-27(15-20-6-10-23(29-3)11-7-20)17-22-16-26(12-13-28(22)24)14-19-4-8-21(25)9-5-19/h4-11,22H,12-18H2,1-3H3. The molecule has 4 rings (SSSR count). The molecule has 0 saturated carbocycles. The van der Waals surface area contributed by atoms with Gasteiger partial charge in [-0.05, 0) is 49.2 Å². The van der Waals surface area contributed by atoms with Crippen LogP contribution >= 0.6 is 0 Å². The van der Waals surface area contributed by atoms with E-state index in [0.29, 0.717) is 6.04 Å². The third-order valence-corrected chi connectivity index (χ3v) is 6.31. The Kier molecular flexibility index (Phi) is 5.91. The topological polar surface area (TPSA) is 19.0 Å². The maximum Gasteiger partial charge on any atom is 0.123 e. The Morgan fingerprint density at radius 1 is 0.897 bits per heavy atom. The smallest absolute Gasteiger partial charge is 0.123 e. The molecule has 0 radical (unpaired) electrons. The van der Waals surface area contributed by atoms with E-state index in [9.17, 15) is 4.39 Å². The van der Waals surface area contributed by atoms with Crippen LogP contribution in [0, 0.1) is 5.82 Å². The fourth-order valence-electron chi connectivity index (χ4n) is 4.97. The van der Waals surface area contributed by atoms with Crippen molar-refractivity contribution in [3.8, 4) is 5.75 Å². The number of piperazine rings is 2. The van der Waals surface area contributed by atoms with Crippen molar-refractivity contribution < 1.29 is 9.13 Å². The predicted octanol–water partition coefficient (Wildman–Crippen LogP) is 3.61. The highest BCUT2D eigenvalue weighted by atomic mass is 19.1. The Bertz CT molecular complexity index is 806. The van der Waals surface area contributed by atoms with Crippen molar-refractivity contribution >= 4 is 0 Å². The largest absolute Gasteiger partial charge is 0.497 e. The first-order chi connectivity index (χ1) is 13.9. The van der Waals surface area contributed by atoms with Crippen molar-refractivity contribution in [1.29, 1.82) is 0 Å². The van der Waals surface area contributed by atoms with Gasteiger partial charge in [-0.25, -0.2) is 4.39 Å². The fraction of sp³-hybridized carbons (Fsp3) is 0.500. The summed E-state index contributed by atoms with van der Waals surface area (Å²) in [5.41, 5.74) is 2.68. The molecule has 0 aliphatic carbocycles. The summed E-state index contributed by atoms with van der Waals surface area (Å²) in [4.78, 5) is 7.80. The summed E-state index contributed by atoms with van der Waals surface area (Å²) < 4.78 is 18.5. The van der Waals surface area contributed by atoms with Crippen LogP contribution in [0.4, 0.5) is 4.39 Å². The van der Waals surface area contributed by atoms with Crippen LogP contribution in [0.25, 0.3) is 0 Å². The van der Waals surface area contributed by atoms with Crippen molar-refractivity contribution in [3.05, 3.63) is 65.5 Å². The van der Waals surface area contributed by atoms with Crippen LogP contribution in [0.2, 0.25) is 0 Å². The lowest BCUT2D eigenvalue weighted by atomic mass is 9.92. The summed E-state index contributed by atoms with van der Waals surface area (Å²) in [7, 11) is 1.71. The monoisotopic (exact) mass is 397 g/mol. The van der Waals surface area contributed by atoms with Gasteiger partial charge in [-0.2, -0.15) is 0 Å². The third-order valence-electron chi connectivity index (χ3n) is 6.31. The van der Waals surface area contributed by atoms with E-state index < -0.39 is 0 Å². The summed E-state index contributed by atoms with van der Waals surface area (Å²) in [6.07, 6.45) is 0. The van der Waals surface area contributed by atoms with Crippen molar-refractivity contribution in [2.24, 2.45) is 0 Å². The van der Waals surface area contributed by atoms with Gasteiger partial charge in [0.05, 0.1) is 7.11 Å². The molecule has 2 heterocycles. The second kappa shape index (κ2) is 8.42. The minimum atomic E-state index is -0.165. The predicted molar refractivity (Wildman–Crippen MR) is 115 cm³/mol. The highest BCUT2D eigenvalue weighted by molar-refractivity contribution is 5.27. The summed E-state index contributed by atoms with van der Waals surface area (Å²) in [6.45, 7) is 12.0. The average Bonchev–Trinajstić information content (AvgIpc) is 2.69. The highest BCUT2D eigenvalue weighted by Crippen LogP contribution is 2.29. The molecule has 29 heavy (non-hydrogen) atoms. The average molecular weight is 398 g/mol. The maximum atomic E-state index is 13.2. The summed E-state index contributed by atoms with van der Waals surface area (Å²) in [6, 6.07) is 15.9. The van der Waals surface area contributed by atoms with Gasteiger partial charge < -0.3 is 4.74 Å². The molecular weight excluding hydrogens is 365 g/mol. The lowest BCUT2D eigenvalue weighted by molar-refractivity contribution is -0.0684. The Labute approximate surface area is 173 Å². The van der Waals surface area contributed by atoms with Crippen molar-refractivity contribution in [3.63, 3.8) is 0 Å². The molecule has 1 atom stereocenters.